The number of terminal acetylenes is 1. The molecule has 0 amide bonds. The molecule has 1 N–H and O–H groups in total. The minimum Gasteiger partial charge on any atom is -0.302 e. The lowest BCUT2D eigenvalue weighted by Gasteiger charge is -2.23. The Labute approximate surface area is 105 Å². The highest BCUT2D eigenvalue weighted by Gasteiger charge is 2.20. The summed E-state index contributed by atoms with van der Waals surface area (Å²) >= 11 is -2.00. The fraction of sp³-hybridized carbons (Fsp3) is 0.429. The predicted molar refractivity (Wildman–Crippen MR) is 69.2 cm³/mol. The van der Waals surface area contributed by atoms with E-state index in [1.54, 1.807) is 6.07 Å². The van der Waals surface area contributed by atoms with Crippen molar-refractivity contribution in [3.63, 3.8) is 0 Å². The fourth-order valence-electron chi connectivity index (χ4n) is 2.60. The Morgan fingerprint density at radius 2 is 2.00 bits per heavy atom. The second-order valence-electron chi connectivity index (χ2n) is 4.45. The van der Waals surface area contributed by atoms with Gasteiger partial charge >= 0.3 is 0 Å². The first kappa shape index (κ1) is 12.3. The van der Waals surface area contributed by atoms with Crippen LogP contribution in [0.3, 0.4) is 0 Å². The van der Waals surface area contributed by atoms with Gasteiger partial charge in [0, 0.05) is 5.56 Å². The predicted octanol–water partition coefficient (Wildman–Crippen LogP) is 3.30. The van der Waals surface area contributed by atoms with E-state index >= 15 is 0 Å². The van der Waals surface area contributed by atoms with Crippen LogP contribution in [0.5, 0.6) is 0 Å². The number of rotatable bonds is 2. The second kappa shape index (κ2) is 5.48. The van der Waals surface area contributed by atoms with Crippen LogP contribution in [0, 0.1) is 12.3 Å². The molecule has 0 bridgehead atoms. The van der Waals surface area contributed by atoms with Crippen LogP contribution in [0.4, 0.5) is 0 Å². The molecule has 1 atom stereocenters. The molecule has 0 saturated heterocycles. The highest BCUT2D eigenvalue weighted by Crippen LogP contribution is 2.35. The van der Waals surface area contributed by atoms with E-state index in [-0.39, 0.29) is 0 Å². The molecule has 0 radical (unpaired) electrons. The third kappa shape index (κ3) is 2.59. The smallest absolute Gasteiger partial charge is 0.187 e. The summed E-state index contributed by atoms with van der Waals surface area (Å²) in [6.07, 6.45) is 11.5. The van der Waals surface area contributed by atoms with Crippen molar-refractivity contribution in [2.45, 2.75) is 42.9 Å². The van der Waals surface area contributed by atoms with Gasteiger partial charge in [0.2, 0.25) is 0 Å². The first-order chi connectivity index (χ1) is 8.24. The van der Waals surface area contributed by atoms with Crippen LogP contribution >= 0.6 is 0 Å². The third-order valence-electron chi connectivity index (χ3n) is 3.44. The summed E-state index contributed by atoms with van der Waals surface area (Å²) < 4.78 is 20.5. The summed E-state index contributed by atoms with van der Waals surface area (Å²) in [4.78, 5) is 0.371. The van der Waals surface area contributed by atoms with E-state index in [0.29, 0.717) is 16.4 Å². The monoisotopic (exact) mass is 248 g/mol. The molecule has 0 aliphatic heterocycles. The van der Waals surface area contributed by atoms with Crippen LogP contribution in [0.25, 0.3) is 0 Å². The van der Waals surface area contributed by atoms with Gasteiger partial charge in [-0.2, -0.15) is 0 Å². The molecule has 0 aromatic heterocycles. The van der Waals surface area contributed by atoms with Gasteiger partial charge in [0.1, 0.15) is 0 Å². The van der Waals surface area contributed by atoms with E-state index < -0.39 is 11.1 Å². The number of benzene rings is 1. The topological polar surface area (TPSA) is 37.3 Å². The van der Waals surface area contributed by atoms with Gasteiger partial charge in [-0.3, -0.25) is 0 Å². The quantitative estimate of drug-likeness (QED) is 0.644. The molecule has 2 rings (SSSR count). The zero-order chi connectivity index (χ0) is 12.3. The minimum absolute atomic E-state index is 0.371. The van der Waals surface area contributed by atoms with Crippen molar-refractivity contribution < 1.29 is 8.76 Å². The average Bonchev–Trinajstić information content (AvgIpc) is 2.38. The molecule has 1 saturated carbocycles. The first-order valence-corrected chi connectivity index (χ1v) is 7.05. The Bertz CT molecular complexity index is 468. The second-order valence-corrected chi connectivity index (χ2v) is 5.39. The van der Waals surface area contributed by atoms with Crippen molar-refractivity contribution in [1.29, 1.82) is 0 Å². The van der Waals surface area contributed by atoms with E-state index in [0.717, 1.165) is 18.4 Å². The summed E-state index contributed by atoms with van der Waals surface area (Å²) in [5, 5.41) is 0. The molecule has 1 aromatic rings. The van der Waals surface area contributed by atoms with Gasteiger partial charge in [0.15, 0.2) is 11.1 Å². The van der Waals surface area contributed by atoms with Crippen molar-refractivity contribution >= 4 is 11.1 Å². The Balaban J connectivity index is 2.43. The molecule has 0 spiro atoms. The molecule has 1 fully saturated rings. The Hall–Kier alpha value is -1.11. The highest BCUT2D eigenvalue weighted by atomic mass is 32.2. The standard InChI is InChI=1S/C14H16O2S/c1-2-12-13(11-7-4-3-5-8-11)9-6-10-14(12)17(15)16/h1,6,9-11H,3-5,7-8H2,(H,15,16). The van der Waals surface area contributed by atoms with Gasteiger partial charge in [-0.1, -0.05) is 37.3 Å². The van der Waals surface area contributed by atoms with Gasteiger partial charge in [0.25, 0.3) is 0 Å². The van der Waals surface area contributed by atoms with Crippen molar-refractivity contribution in [2.24, 2.45) is 0 Å². The Kier molecular flexibility index (Phi) is 3.98. The van der Waals surface area contributed by atoms with Crippen LogP contribution in [0.15, 0.2) is 23.1 Å². The zero-order valence-electron chi connectivity index (χ0n) is 9.69. The van der Waals surface area contributed by atoms with E-state index in [1.807, 2.05) is 12.1 Å². The van der Waals surface area contributed by atoms with Crippen molar-refractivity contribution in [2.75, 3.05) is 0 Å². The molecule has 1 aliphatic carbocycles. The molecule has 0 heterocycles. The van der Waals surface area contributed by atoms with Crippen LogP contribution in [-0.4, -0.2) is 8.76 Å². The van der Waals surface area contributed by atoms with E-state index in [9.17, 15) is 8.76 Å². The maximum Gasteiger partial charge on any atom is 0.187 e. The van der Waals surface area contributed by atoms with Crippen molar-refractivity contribution in [3.05, 3.63) is 29.3 Å². The van der Waals surface area contributed by atoms with Crippen LogP contribution in [-0.2, 0) is 11.1 Å². The van der Waals surface area contributed by atoms with E-state index in [2.05, 4.69) is 5.92 Å². The zero-order valence-corrected chi connectivity index (χ0v) is 10.5. The SMILES string of the molecule is C#Cc1c(C2CCCCC2)cccc1S(=O)O. The largest absolute Gasteiger partial charge is 0.302 e. The molecule has 1 unspecified atom stereocenters. The molecule has 90 valence electrons. The van der Waals surface area contributed by atoms with Crippen LogP contribution < -0.4 is 0 Å². The number of hydrogen-bond donors (Lipinski definition) is 1. The maximum absolute atomic E-state index is 11.2. The summed E-state index contributed by atoms with van der Waals surface area (Å²) in [5.74, 6) is 3.05. The summed E-state index contributed by atoms with van der Waals surface area (Å²) in [5.41, 5.74) is 1.70. The summed E-state index contributed by atoms with van der Waals surface area (Å²) in [6, 6.07) is 5.47. The summed E-state index contributed by atoms with van der Waals surface area (Å²) in [7, 11) is 0. The lowest BCUT2D eigenvalue weighted by molar-refractivity contribution is 0.442. The highest BCUT2D eigenvalue weighted by molar-refractivity contribution is 7.79. The minimum atomic E-state index is -2.00. The van der Waals surface area contributed by atoms with E-state index in [1.165, 1.54) is 19.3 Å². The molecule has 1 aliphatic rings. The van der Waals surface area contributed by atoms with Gasteiger partial charge in [0.05, 0.1) is 4.90 Å². The molecule has 1 aromatic carbocycles. The summed E-state index contributed by atoms with van der Waals surface area (Å²) in [6.45, 7) is 0. The van der Waals surface area contributed by atoms with Crippen molar-refractivity contribution in [1.82, 2.24) is 0 Å². The van der Waals surface area contributed by atoms with Gasteiger partial charge in [-0.05, 0) is 30.4 Å². The van der Waals surface area contributed by atoms with Gasteiger partial charge < -0.3 is 4.55 Å². The lowest BCUT2D eigenvalue weighted by atomic mass is 9.82. The van der Waals surface area contributed by atoms with E-state index in [4.69, 9.17) is 6.42 Å². The van der Waals surface area contributed by atoms with Gasteiger partial charge in [-0.25, -0.2) is 4.21 Å². The number of hydrogen-bond acceptors (Lipinski definition) is 1. The molecular weight excluding hydrogens is 232 g/mol. The molecule has 3 heteroatoms. The van der Waals surface area contributed by atoms with Crippen LogP contribution in [0.2, 0.25) is 0 Å². The Morgan fingerprint density at radius 3 is 2.59 bits per heavy atom. The molecular formula is C14H16O2S. The van der Waals surface area contributed by atoms with Gasteiger partial charge in [-0.15, -0.1) is 6.42 Å². The first-order valence-electron chi connectivity index (χ1n) is 5.94. The normalized spacial score (nSPS) is 18.6. The molecule has 17 heavy (non-hydrogen) atoms. The fourth-order valence-corrected chi connectivity index (χ4v) is 3.15. The maximum atomic E-state index is 11.2. The average molecular weight is 248 g/mol. The Morgan fingerprint density at radius 1 is 1.29 bits per heavy atom. The third-order valence-corrected chi connectivity index (χ3v) is 4.15. The van der Waals surface area contributed by atoms with Crippen molar-refractivity contribution in [3.8, 4) is 12.3 Å². The lowest BCUT2D eigenvalue weighted by Crippen LogP contribution is -2.08. The molecule has 2 nitrogen and oxygen atoms in total. The van der Waals surface area contributed by atoms with Crippen LogP contribution in [0.1, 0.15) is 49.1 Å².